The van der Waals surface area contributed by atoms with E-state index in [4.69, 9.17) is 0 Å². The third-order valence-electron chi connectivity index (χ3n) is 2.82. The smallest absolute Gasteiger partial charge is 0.314 e. The first-order valence-corrected chi connectivity index (χ1v) is 8.14. The normalized spacial score (nSPS) is 10.4. The van der Waals surface area contributed by atoms with Gasteiger partial charge in [-0.15, -0.1) is 11.3 Å². The highest BCUT2D eigenvalue weighted by atomic mass is 32.1. The number of anilines is 1. The van der Waals surface area contributed by atoms with Crippen LogP contribution in [0, 0.1) is 0 Å². The molecule has 8 heteroatoms. The Bertz CT molecular complexity index is 763. The van der Waals surface area contributed by atoms with E-state index in [0.717, 1.165) is 16.0 Å². The highest BCUT2D eigenvalue weighted by molar-refractivity contribution is 7.10. The number of nitrogens with zero attached hydrogens (tertiary/aromatic N) is 1. The van der Waals surface area contributed by atoms with Crippen molar-refractivity contribution in [1.82, 2.24) is 10.5 Å². The molecule has 0 aliphatic heterocycles. The zero-order chi connectivity index (χ0) is 15.4. The second-order valence-electron chi connectivity index (χ2n) is 4.34. The molecule has 22 heavy (non-hydrogen) atoms. The van der Waals surface area contributed by atoms with E-state index in [1.807, 2.05) is 22.9 Å². The third-order valence-corrected chi connectivity index (χ3v) is 4.44. The van der Waals surface area contributed by atoms with Crippen LogP contribution in [-0.4, -0.2) is 17.0 Å². The fourth-order valence-electron chi connectivity index (χ4n) is 1.75. The van der Waals surface area contributed by atoms with Gasteiger partial charge in [0.05, 0.1) is 6.54 Å². The minimum Gasteiger partial charge on any atom is -0.363 e. The fourth-order valence-corrected chi connectivity index (χ4v) is 3.25. The number of thiophene rings is 2. The molecule has 0 aromatic carbocycles. The molecule has 0 aliphatic carbocycles. The minimum atomic E-state index is -0.775. The van der Waals surface area contributed by atoms with Gasteiger partial charge >= 0.3 is 11.8 Å². The van der Waals surface area contributed by atoms with Crippen LogP contribution in [0.1, 0.15) is 4.88 Å². The second-order valence-corrected chi connectivity index (χ2v) is 6.11. The molecule has 6 nitrogen and oxygen atoms in total. The van der Waals surface area contributed by atoms with Crippen molar-refractivity contribution in [3.63, 3.8) is 0 Å². The highest BCUT2D eigenvalue weighted by Gasteiger charge is 2.15. The number of amides is 2. The van der Waals surface area contributed by atoms with E-state index in [-0.39, 0.29) is 5.82 Å². The maximum atomic E-state index is 11.7. The van der Waals surface area contributed by atoms with Gasteiger partial charge in [-0.2, -0.15) is 11.3 Å². The Hall–Kier alpha value is -2.45. The number of nitrogens with one attached hydrogen (secondary N) is 2. The lowest BCUT2D eigenvalue weighted by atomic mass is 10.2. The Kier molecular flexibility index (Phi) is 4.31. The van der Waals surface area contributed by atoms with Gasteiger partial charge in [0.2, 0.25) is 0 Å². The van der Waals surface area contributed by atoms with Crippen LogP contribution >= 0.6 is 22.7 Å². The van der Waals surface area contributed by atoms with Crippen LogP contribution in [-0.2, 0) is 16.1 Å². The van der Waals surface area contributed by atoms with Crippen LogP contribution in [0.15, 0.2) is 45.1 Å². The van der Waals surface area contributed by atoms with Crippen LogP contribution in [0.4, 0.5) is 5.82 Å². The van der Waals surface area contributed by atoms with Crippen molar-refractivity contribution in [3.05, 3.63) is 45.5 Å². The minimum absolute atomic E-state index is 0.205. The molecule has 0 atom stereocenters. The van der Waals surface area contributed by atoms with Crippen molar-refractivity contribution in [3.8, 4) is 11.1 Å². The summed E-state index contributed by atoms with van der Waals surface area (Å²) in [5, 5.41) is 14.5. The van der Waals surface area contributed by atoms with E-state index in [9.17, 15) is 9.59 Å². The molecule has 0 spiro atoms. The summed E-state index contributed by atoms with van der Waals surface area (Å²) in [6.07, 6.45) is 1.31. The van der Waals surface area contributed by atoms with Gasteiger partial charge in [-0.1, -0.05) is 5.16 Å². The van der Waals surface area contributed by atoms with Gasteiger partial charge in [0.25, 0.3) is 0 Å². The fraction of sp³-hybridized carbons (Fsp3) is 0.0714. The average Bonchev–Trinajstić information content (AvgIpc) is 3.25. The average molecular weight is 333 g/mol. The molecule has 0 fully saturated rings. The van der Waals surface area contributed by atoms with E-state index in [0.29, 0.717) is 6.54 Å². The molecular weight excluding hydrogens is 322 g/mol. The molecule has 0 bridgehead atoms. The second kappa shape index (κ2) is 6.54. The molecule has 0 unspecified atom stereocenters. The molecule has 0 saturated carbocycles. The summed E-state index contributed by atoms with van der Waals surface area (Å²) in [6, 6.07) is 5.50. The number of carbonyl (C=O) groups excluding carboxylic acids is 2. The largest absolute Gasteiger partial charge is 0.363 e. The quantitative estimate of drug-likeness (QED) is 0.719. The summed E-state index contributed by atoms with van der Waals surface area (Å²) in [5.74, 6) is -1.28. The standard InChI is InChI=1S/C14H11N3O3S2/c18-13(14(19)16-12-1-3-20-17-12)15-6-11-5-10(8-22-11)9-2-4-21-7-9/h1-5,7-8H,6H2,(H,15,18)(H,16,17,19). The van der Waals surface area contributed by atoms with Crippen LogP contribution in [0.25, 0.3) is 11.1 Å². The molecule has 3 rings (SSSR count). The summed E-state index contributed by atoms with van der Waals surface area (Å²) in [4.78, 5) is 24.3. The first-order valence-electron chi connectivity index (χ1n) is 6.32. The summed E-state index contributed by atoms with van der Waals surface area (Å²) in [7, 11) is 0. The van der Waals surface area contributed by atoms with E-state index >= 15 is 0 Å². The first-order chi connectivity index (χ1) is 10.7. The lowest BCUT2D eigenvalue weighted by molar-refractivity contribution is -0.136. The lowest BCUT2D eigenvalue weighted by Gasteiger charge is -2.02. The van der Waals surface area contributed by atoms with Crippen LogP contribution in [0.5, 0.6) is 0 Å². The van der Waals surface area contributed by atoms with E-state index in [1.165, 1.54) is 23.7 Å². The van der Waals surface area contributed by atoms with Gasteiger partial charge in [0.1, 0.15) is 6.26 Å². The van der Waals surface area contributed by atoms with Crippen molar-refractivity contribution in [2.45, 2.75) is 6.54 Å². The molecule has 112 valence electrons. The Morgan fingerprint density at radius 3 is 2.82 bits per heavy atom. The SMILES string of the molecule is O=C(NCc1cc(-c2ccsc2)cs1)C(=O)Nc1ccon1. The van der Waals surface area contributed by atoms with Crippen molar-refractivity contribution in [1.29, 1.82) is 0 Å². The molecule has 3 aromatic heterocycles. The van der Waals surface area contributed by atoms with Gasteiger partial charge in [-0.05, 0) is 39.4 Å². The molecule has 0 saturated heterocycles. The molecule has 0 aliphatic rings. The van der Waals surface area contributed by atoms with Crippen molar-refractivity contribution < 1.29 is 14.1 Å². The van der Waals surface area contributed by atoms with E-state index < -0.39 is 11.8 Å². The maximum absolute atomic E-state index is 11.7. The third kappa shape index (κ3) is 3.41. The number of rotatable bonds is 4. The number of hydrogen-bond donors (Lipinski definition) is 2. The van der Waals surface area contributed by atoms with Crippen LogP contribution < -0.4 is 10.6 Å². The highest BCUT2D eigenvalue weighted by Crippen LogP contribution is 2.27. The number of carbonyl (C=O) groups is 2. The zero-order valence-electron chi connectivity index (χ0n) is 11.2. The Morgan fingerprint density at radius 2 is 2.09 bits per heavy atom. The predicted molar refractivity (Wildman–Crippen MR) is 84.6 cm³/mol. The molecule has 2 amide bonds. The number of hydrogen-bond acceptors (Lipinski definition) is 6. The monoisotopic (exact) mass is 333 g/mol. The molecule has 3 aromatic rings. The van der Waals surface area contributed by atoms with Gasteiger partial charge < -0.3 is 9.84 Å². The number of aromatic nitrogens is 1. The summed E-state index contributed by atoms with van der Waals surface area (Å²) in [6.45, 7) is 0.305. The predicted octanol–water partition coefficient (Wildman–Crippen LogP) is 2.72. The van der Waals surface area contributed by atoms with Gasteiger partial charge in [-0.25, -0.2) is 0 Å². The maximum Gasteiger partial charge on any atom is 0.314 e. The van der Waals surface area contributed by atoms with Gasteiger partial charge in [0.15, 0.2) is 5.82 Å². The van der Waals surface area contributed by atoms with Gasteiger partial charge in [-0.3, -0.25) is 14.9 Å². The molecule has 3 heterocycles. The summed E-state index contributed by atoms with van der Waals surface area (Å²) >= 11 is 3.17. The zero-order valence-corrected chi connectivity index (χ0v) is 12.9. The topological polar surface area (TPSA) is 84.2 Å². The van der Waals surface area contributed by atoms with E-state index in [1.54, 1.807) is 11.3 Å². The Labute approximate surface area is 133 Å². The summed E-state index contributed by atoms with van der Waals surface area (Å²) in [5.41, 5.74) is 2.27. The van der Waals surface area contributed by atoms with E-state index in [2.05, 4.69) is 25.7 Å². The molecule has 2 N–H and O–H groups in total. The summed E-state index contributed by atoms with van der Waals surface area (Å²) < 4.78 is 4.57. The van der Waals surface area contributed by atoms with Crippen molar-refractivity contribution in [2.24, 2.45) is 0 Å². The molecular formula is C14H11N3O3S2. The Balaban J connectivity index is 1.54. The van der Waals surface area contributed by atoms with Crippen LogP contribution in [0.2, 0.25) is 0 Å². The van der Waals surface area contributed by atoms with Crippen molar-refractivity contribution in [2.75, 3.05) is 5.32 Å². The Morgan fingerprint density at radius 1 is 1.18 bits per heavy atom. The first kappa shape index (κ1) is 14.5. The van der Waals surface area contributed by atoms with Crippen molar-refractivity contribution >= 4 is 40.3 Å². The van der Waals surface area contributed by atoms with Gasteiger partial charge in [0, 0.05) is 10.9 Å². The molecule has 0 radical (unpaired) electrons. The van der Waals surface area contributed by atoms with Crippen LogP contribution in [0.3, 0.4) is 0 Å². The lowest BCUT2D eigenvalue weighted by Crippen LogP contribution is -2.34.